The third kappa shape index (κ3) is 3.11. The number of ether oxygens (including phenoxy) is 1. The van der Waals surface area contributed by atoms with Crippen molar-refractivity contribution in [3.05, 3.63) is 47.1 Å². The molecule has 3 rings (SSSR count). The Balaban J connectivity index is 1.98. The van der Waals surface area contributed by atoms with Gasteiger partial charge in [-0.05, 0) is 40.4 Å². The van der Waals surface area contributed by atoms with Crippen LogP contribution < -0.4 is 4.74 Å². The van der Waals surface area contributed by atoms with Gasteiger partial charge in [0.1, 0.15) is 22.5 Å². The topological polar surface area (TPSA) is 89.5 Å². The molecule has 0 saturated carbocycles. The van der Waals surface area contributed by atoms with Crippen molar-refractivity contribution in [3.8, 4) is 17.5 Å². The van der Waals surface area contributed by atoms with Crippen molar-refractivity contribution in [1.29, 1.82) is 5.26 Å². The first-order valence-corrected chi connectivity index (χ1v) is 7.57. The van der Waals surface area contributed by atoms with Crippen molar-refractivity contribution >= 4 is 23.4 Å². The first kappa shape index (κ1) is 15.3. The van der Waals surface area contributed by atoms with Gasteiger partial charge in [-0.1, -0.05) is 23.7 Å². The molecule has 0 spiro atoms. The Hall–Kier alpha value is -2.63. The van der Waals surface area contributed by atoms with Crippen molar-refractivity contribution < 1.29 is 4.74 Å². The van der Waals surface area contributed by atoms with Crippen LogP contribution in [0.3, 0.4) is 0 Å². The van der Waals surface area contributed by atoms with Gasteiger partial charge in [-0.15, -0.1) is 5.10 Å². The molecule has 0 saturated heterocycles. The standard InChI is InChI=1S/C14H9ClN6OS/c1-22-12-5-3-2-4-11(12)21-14(18-19-20-21)23-13-10(15)6-9(7-16)8-17-13/h2-6,8H,1H3. The highest BCUT2D eigenvalue weighted by atomic mass is 35.5. The maximum absolute atomic E-state index is 8.85. The number of hydrogen-bond donors (Lipinski definition) is 0. The van der Waals surface area contributed by atoms with E-state index in [9.17, 15) is 0 Å². The molecule has 0 amide bonds. The Morgan fingerprint density at radius 3 is 2.91 bits per heavy atom. The lowest BCUT2D eigenvalue weighted by atomic mass is 10.3. The summed E-state index contributed by atoms with van der Waals surface area (Å²) in [6.07, 6.45) is 1.45. The first-order chi connectivity index (χ1) is 11.2. The number of benzene rings is 1. The van der Waals surface area contributed by atoms with Gasteiger partial charge < -0.3 is 4.74 Å². The van der Waals surface area contributed by atoms with E-state index in [4.69, 9.17) is 21.6 Å². The molecule has 3 aromatic rings. The number of hydrogen-bond acceptors (Lipinski definition) is 7. The second kappa shape index (κ2) is 6.64. The molecule has 0 bridgehead atoms. The number of tetrazole rings is 1. The number of methoxy groups -OCH3 is 1. The van der Waals surface area contributed by atoms with Gasteiger partial charge in [0, 0.05) is 6.20 Å². The van der Waals surface area contributed by atoms with Gasteiger partial charge in [-0.3, -0.25) is 0 Å². The summed E-state index contributed by atoms with van der Waals surface area (Å²) in [5, 5.41) is 21.9. The quantitative estimate of drug-likeness (QED) is 0.718. The summed E-state index contributed by atoms with van der Waals surface area (Å²) in [5.74, 6) is 0.639. The minimum absolute atomic E-state index is 0.364. The molecule has 9 heteroatoms. The molecule has 0 aliphatic rings. The van der Waals surface area contributed by atoms with Crippen molar-refractivity contribution in [2.75, 3.05) is 7.11 Å². The van der Waals surface area contributed by atoms with Crippen molar-refractivity contribution in [3.63, 3.8) is 0 Å². The van der Waals surface area contributed by atoms with E-state index in [1.54, 1.807) is 17.9 Å². The Morgan fingerprint density at radius 2 is 2.17 bits per heavy atom. The summed E-state index contributed by atoms with van der Waals surface area (Å²) in [6.45, 7) is 0. The average Bonchev–Trinajstić information content (AvgIpc) is 3.04. The van der Waals surface area contributed by atoms with E-state index in [2.05, 4.69) is 20.5 Å². The zero-order valence-corrected chi connectivity index (χ0v) is 13.4. The molecule has 0 fully saturated rings. The van der Waals surface area contributed by atoms with Gasteiger partial charge >= 0.3 is 0 Å². The highest BCUT2D eigenvalue weighted by Crippen LogP contribution is 2.32. The fourth-order valence-electron chi connectivity index (χ4n) is 1.85. The van der Waals surface area contributed by atoms with Crippen LogP contribution in [0, 0.1) is 11.3 Å². The van der Waals surface area contributed by atoms with Crippen LogP contribution in [0.25, 0.3) is 5.69 Å². The van der Waals surface area contributed by atoms with Crippen LogP contribution >= 0.6 is 23.4 Å². The molecule has 23 heavy (non-hydrogen) atoms. The molecule has 2 heterocycles. The van der Waals surface area contributed by atoms with Crippen LogP contribution in [-0.4, -0.2) is 32.3 Å². The molecule has 0 radical (unpaired) electrons. The summed E-state index contributed by atoms with van der Waals surface area (Å²) >= 11 is 7.34. The fraction of sp³-hybridized carbons (Fsp3) is 0.0714. The van der Waals surface area contributed by atoms with Crippen LogP contribution in [-0.2, 0) is 0 Å². The maximum Gasteiger partial charge on any atom is 0.220 e. The number of aromatic nitrogens is 5. The predicted molar refractivity (Wildman–Crippen MR) is 83.8 cm³/mol. The fourth-order valence-corrected chi connectivity index (χ4v) is 2.86. The monoisotopic (exact) mass is 344 g/mol. The van der Waals surface area contributed by atoms with Crippen LogP contribution in [0.5, 0.6) is 5.75 Å². The van der Waals surface area contributed by atoms with E-state index in [1.807, 2.05) is 30.3 Å². The maximum atomic E-state index is 8.85. The van der Waals surface area contributed by atoms with Gasteiger partial charge in [-0.2, -0.15) is 9.94 Å². The normalized spacial score (nSPS) is 10.3. The molecule has 0 N–H and O–H groups in total. The van der Waals surface area contributed by atoms with Crippen molar-refractivity contribution in [2.45, 2.75) is 10.2 Å². The SMILES string of the molecule is COc1ccccc1-n1nnnc1Sc1ncc(C#N)cc1Cl. The molecular weight excluding hydrogens is 336 g/mol. The van der Waals surface area contributed by atoms with Crippen LogP contribution in [0.4, 0.5) is 0 Å². The number of nitrogens with zero attached hydrogens (tertiary/aromatic N) is 6. The lowest BCUT2D eigenvalue weighted by Gasteiger charge is -2.09. The number of nitriles is 1. The summed E-state index contributed by atoms with van der Waals surface area (Å²) in [7, 11) is 1.58. The van der Waals surface area contributed by atoms with Gasteiger partial charge in [0.25, 0.3) is 0 Å². The zero-order chi connectivity index (χ0) is 16.2. The van der Waals surface area contributed by atoms with Gasteiger partial charge in [-0.25, -0.2) is 4.98 Å². The molecule has 0 aliphatic carbocycles. The lowest BCUT2D eigenvalue weighted by molar-refractivity contribution is 0.410. The molecule has 2 aromatic heterocycles. The second-order valence-electron chi connectivity index (χ2n) is 4.27. The molecule has 7 nitrogen and oxygen atoms in total. The molecule has 1 aromatic carbocycles. The largest absolute Gasteiger partial charge is 0.494 e. The molecule has 0 unspecified atom stereocenters. The summed E-state index contributed by atoms with van der Waals surface area (Å²) in [6, 6.07) is 10.9. The number of halogens is 1. The molecular formula is C14H9ClN6OS. The van der Waals surface area contributed by atoms with E-state index in [-0.39, 0.29) is 0 Å². The van der Waals surface area contributed by atoms with Crippen LogP contribution in [0.1, 0.15) is 5.56 Å². The van der Waals surface area contributed by atoms with Crippen LogP contribution in [0.2, 0.25) is 5.02 Å². The first-order valence-electron chi connectivity index (χ1n) is 6.38. The van der Waals surface area contributed by atoms with Crippen molar-refractivity contribution in [2.24, 2.45) is 0 Å². The van der Waals surface area contributed by atoms with Gasteiger partial charge in [0.05, 0.1) is 17.7 Å². The highest BCUT2D eigenvalue weighted by Gasteiger charge is 2.16. The Morgan fingerprint density at radius 1 is 1.35 bits per heavy atom. The minimum Gasteiger partial charge on any atom is -0.494 e. The average molecular weight is 345 g/mol. The number of pyridine rings is 1. The van der Waals surface area contributed by atoms with E-state index in [0.717, 1.165) is 0 Å². The lowest BCUT2D eigenvalue weighted by Crippen LogP contribution is -2.02. The molecule has 0 aliphatic heterocycles. The highest BCUT2D eigenvalue weighted by molar-refractivity contribution is 7.99. The van der Waals surface area contributed by atoms with E-state index in [1.165, 1.54) is 18.0 Å². The third-order valence-corrected chi connectivity index (χ3v) is 4.23. The zero-order valence-electron chi connectivity index (χ0n) is 11.8. The van der Waals surface area contributed by atoms with Gasteiger partial charge in [0.15, 0.2) is 0 Å². The molecule has 114 valence electrons. The Kier molecular flexibility index (Phi) is 4.41. The van der Waals surface area contributed by atoms with Crippen molar-refractivity contribution in [1.82, 2.24) is 25.2 Å². The summed E-state index contributed by atoms with van der Waals surface area (Å²) in [4.78, 5) is 4.17. The Bertz CT molecular complexity index is 891. The molecule has 0 atom stereocenters. The summed E-state index contributed by atoms with van der Waals surface area (Å²) in [5.41, 5.74) is 1.09. The number of para-hydroxylation sites is 2. The third-order valence-electron chi connectivity index (χ3n) is 2.88. The second-order valence-corrected chi connectivity index (χ2v) is 5.63. The summed E-state index contributed by atoms with van der Waals surface area (Å²) < 4.78 is 6.87. The van der Waals surface area contributed by atoms with E-state index >= 15 is 0 Å². The Labute approximate surface area is 140 Å². The van der Waals surface area contributed by atoms with E-state index < -0.39 is 0 Å². The number of rotatable bonds is 4. The van der Waals surface area contributed by atoms with E-state index in [0.29, 0.717) is 32.2 Å². The minimum atomic E-state index is 0.364. The predicted octanol–water partition coefficient (Wildman–Crippen LogP) is 2.74. The smallest absolute Gasteiger partial charge is 0.220 e. The van der Waals surface area contributed by atoms with Gasteiger partial charge in [0.2, 0.25) is 5.16 Å². The van der Waals surface area contributed by atoms with Crippen LogP contribution in [0.15, 0.2) is 46.7 Å².